The van der Waals surface area contributed by atoms with Crippen molar-refractivity contribution in [2.75, 3.05) is 39.9 Å². The Morgan fingerprint density at radius 3 is 2.82 bits per heavy atom. The zero-order valence-corrected chi connectivity index (χ0v) is 19.3. The number of H-pyrrole nitrogens is 1. The van der Waals surface area contributed by atoms with Gasteiger partial charge in [0.1, 0.15) is 5.84 Å². The Morgan fingerprint density at radius 1 is 1.30 bits per heavy atom. The van der Waals surface area contributed by atoms with E-state index in [1.807, 2.05) is 25.1 Å². The van der Waals surface area contributed by atoms with E-state index in [1.165, 1.54) is 0 Å². The maximum Gasteiger partial charge on any atom is 0.251 e. The van der Waals surface area contributed by atoms with Crippen LogP contribution in [0, 0.1) is 0 Å². The van der Waals surface area contributed by atoms with Gasteiger partial charge in [0.15, 0.2) is 0 Å². The highest BCUT2D eigenvalue weighted by Gasteiger charge is 2.37. The second-order valence-corrected chi connectivity index (χ2v) is 8.18. The number of halogens is 3. The average molecular weight is 463 g/mol. The predicted molar refractivity (Wildman–Crippen MR) is 129 cm³/mol. The first kappa shape index (κ1) is 25.0. The maximum absolute atomic E-state index is 13.5. The predicted octanol–water partition coefficient (Wildman–Crippen LogP) is 3.87. The molecule has 0 spiro atoms. The minimum atomic E-state index is -2.46. The van der Waals surface area contributed by atoms with Crippen molar-refractivity contribution in [2.24, 2.45) is 9.98 Å². The average Bonchev–Trinajstić information content (AvgIpc) is 3.16. The summed E-state index contributed by atoms with van der Waals surface area (Å²) in [5.41, 5.74) is 3.45. The molecule has 3 N–H and O–H groups in total. The van der Waals surface area contributed by atoms with Gasteiger partial charge in [-0.1, -0.05) is 24.8 Å². The molecule has 2 aromatic rings. The molecule has 1 aliphatic heterocycles. The van der Waals surface area contributed by atoms with E-state index in [0.29, 0.717) is 44.0 Å². The SMILES string of the molecule is C=C(N=CC(=NC)NCCNCCCF)[C@@H]1c2[nH]c3ccccc3c2C[C@@H](C)N1CC(F)F. The van der Waals surface area contributed by atoms with Gasteiger partial charge >= 0.3 is 0 Å². The number of amidine groups is 1. The number of nitrogens with zero attached hydrogens (tertiary/aromatic N) is 3. The number of fused-ring (bicyclic) bond motifs is 3. The Balaban J connectivity index is 1.78. The zero-order chi connectivity index (χ0) is 23.8. The lowest BCUT2D eigenvalue weighted by atomic mass is 9.91. The van der Waals surface area contributed by atoms with Crippen molar-refractivity contribution in [2.45, 2.75) is 38.3 Å². The van der Waals surface area contributed by atoms with Crippen LogP contribution >= 0.6 is 0 Å². The normalized spacial score (nSPS) is 19.5. The van der Waals surface area contributed by atoms with E-state index in [4.69, 9.17) is 0 Å². The topological polar surface area (TPSA) is 67.8 Å². The van der Waals surface area contributed by atoms with Crippen molar-refractivity contribution in [3.8, 4) is 0 Å². The summed E-state index contributed by atoms with van der Waals surface area (Å²) in [4.78, 5) is 13.9. The summed E-state index contributed by atoms with van der Waals surface area (Å²) in [5, 5.41) is 7.40. The smallest absolute Gasteiger partial charge is 0.251 e. The molecule has 33 heavy (non-hydrogen) atoms. The van der Waals surface area contributed by atoms with E-state index < -0.39 is 12.5 Å². The van der Waals surface area contributed by atoms with Gasteiger partial charge in [-0.15, -0.1) is 0 Å². The Morgan fingerprint density at radius 2 is 2.09 bits per heavy atom. The summed E-state index contributed by atoms with van der Waals surface area (Å²) in [6, 6.07) is 7.41. The van der Waals surface area contributed by atoms with E-state index >= 15 is 0 Å². The second kappa shape index (κ2) is 12.0. The summed E-state index contributed by atoms with van der Waals surface area (Å²) >= 11 is 0. The third kappa shape index (κ3) is 6.23. The number of benzene rings is 1. The molecule has 1 aromatic heterocycles. The van der Waals surface area contributed by atoms with E-state index in [-0.39, 0.29) is 19.3 Å². The van der Waals surface area contributed by atoms with Crippen molar-refractivity contribution < 1.29 is 13.2 Å². The van der Waals surface area contributed by atoms with Gasteiger partial charge in [0.25, 0.3) is 6.43 Å². The second-order valence-electron chi connectivity index (χ2n) is 8.18. The molecule has 1 aliphatic rings. The molecule has 0 fully saturated rings. The molecule has 0 saturated heterocycles. The van der Waals surface area contributed by atoms with Crippen LogP contribution in [-0.2, 0) is 6.42 Å². The summed E-state index contributed by atoms with van der Waals surface area (Å²) < 4.78 is 39.0. The Labute approximate surface area is 193 Å². The molecule has 180 valence electrons. The molecule has 1 aromatic carbocycles. The van der Waals surface area contributed by atoms with Gasteiger partial charge in [-0.3, -0.25) is 19.3 Å². The highest BCUT2D eigenvalue weighted by atomic mass is 19.3. The van der Waals surface area contributed by atoms with Crippen LogP contribution < -0.4 is 10.6 Å². The van der Waals surface area contributed by atoms with E-state index in [0.717, 1.165) is 22.2 Å². The first-order valence-electron chi connectivity index (χ1n) is 11.3. The molecule has 0 bridgehead atoms. The summed E-state index contributed by atoms with van der Waals surface area (Å²) in [6.45, 7) is 7.30. The fourth-order valence-electron chi connectivity index (χ4n) is 4.30. The first-order valence-corrected chi connectivity index (χ1v) is 11.3. The number of nitrogens with one attached hydrogen (secondary N) is 3. The highest BCUT2D eigenvalue weighted by molar-refractivity contribution is 6.29. The van der Waals surface area contributed by atoms with Crippen molar-refractivity contribution >= 4 is 23.0 Å². The van der Waals surface area contributed by atoms with E-state index in [1.54, 1.807) is 18.2 Å². The molecule has 9 heteroatoms. The molecule has 0 radical (unpaired) electrons. The Kier molecular flexibility index (Phi) is 9.08. The number of hydrogen-bond donors (Lipinski definition) is 3. The van der Waals surface area contributed by atoms with Gasteiger partial charge < -0.3 is 15.6 Å². The van der Waals surface area contributed by atoms with Crippen molar-refractivity contribution in [1.82, 2.24) is 20.5 Å². The summed E-state index contributed by atoms with van der Waals surface area (Å²) in [7, 11) is 1.65. The van der Waals surface area contributed by atoms with Crippen LogP contribution in [0.15, 0.2) is 46.5 Å². The molecular weight excluding hydrogens is 429 g/mol. The van der Waals surface area contributed by atoms with E-state index in [9.17, 15) is 13.2 Å². The van der Waals surface area contributed by atoms with Crippen LogP contribution in [-0.4, -0.2) is 74.3 Å². The van der Waals surface area contributed by atoms with Crippen molar-refractivity contribution in [1.29, 1.82) is 0 Å². The maximum atomic E-state index is 13.5. The molecule has 0 unspecified atom stereocenters. The number of aromatic nitrogens is 1. The monoisotopic (exact) mass is 462 g/mol. The van der Waals surface area contributed by atoms with Crippen LogP contribution in [0.25, 0.3) is 10.9 Å². The number of alkyl halides is 3. The molecule has 0 amide bonds. The molecule has 0 aliphatic carbocycles. The summed E-state index contributed by atoms with van der Waals surface area (Å²) in [5.74, 6) is 0.560. The molecular formula is C24H33F3N6. The third-order valence-corrected chi connectivity index (χ3v) is 5.87. The number of aliphatic imine (C=N–C) groups is 2. The number of aromatic amines is 1. The molecule has 3 rings (SSSR count). The van der Waals surface area contributed by atoms with Gasteiger partial charge in [-0.05, 0) is 37.9 Å². The third-order valence-electron chi connectivity index (χ3n) is 5.87. The first-order chi connectivity index (χ1) is 16.0. The van der Waals surface area contributed by atoms with Gasteiger partial charge in [0.2, 0.25) is 0 Å². The quantitative estimate of drug-likeness (QED) is 0.270. The number of rotatable bonds is 11. The fourth-order valence-corrected chi connectivity index (χ4v) is 4.30. The van der Waals surface area contributed by atoms with Gasteiger partial charge in [0, 0.05) is 42.8 Å². The van der Waals surface area contributed by atoms with Crippen LogP contribution in [0.2, 0.25) is 0 Å². The fraction of sp³-hybridized carbons (Fsp3) is 0.500. The lowest BCUT2D eigenvalue weighted by molar-refractivity contribution is 0.0445. The summed E-state index contributed by atoms with van der Waals surface area (Å²) in [6.07, 6.45) is 0.280. The van der Waals surface area contributed by atoms with Crippen LogP contribution in [0.3, 0.4) is 0 Å². The lowest BCUT2D eigenvalue weighted by Gasteiger charge is -2.40. The highest BCUT2D eigenvalue weighted by Crippen LogP contribution is 2.40. The number of para-hydroxylation sites is 1. The number of hydrogen-bond acceptors (Lipinski definition) is 4. The van der Waals surface area contributed by atoms with Crippen molar-refractivity contribution in [3.63, 3.8) is 0 Å². The van der Waals surface area contributed by atoms with Gasteiger partial charge in [-0.25, -0.2) is 8.78 Å². The minimum absolute atomic E-state index is 0.0875. The van der Waals surface area contributed by atoms with Crippen molar-refractivity contribution in [3.05, 3.63) is 47.8 Å². The van der Waals surface area contributed by atoms with Gasteiger partial charge in [-0.2, -0.15) is 0 Å². The Bertz CT molecular complexity index is 984. The van der Waals surface area contributed by atoms with Gasteiger partial charge in [0.05, 0.1) is 31.2 Å². The molecule has 6 nitrogen and oxygen atoms in total. The van der Waals surface area contributed by atoms with Crippen LogP contribution in [0.5, 0.6) is 0 Å². The zero-order valence-electron chi connectivity index (χ0n) is 19.3. The molecule has 2 heterocycles. The molecule has 0 saturated carbocycles. The lowest BCUT2D eigenvalue weighted by Crippen LogP contribution is -2.45. The Hall–Kier alpha value is -2.65. The van der Waals surface area contributed by atoms with E-state index in [2.05, 4.69) is 38.2 Å². The largest absolute Gasteiger partial charge is 0.368 e. The van der Waals surface area contributed by atoms with Crippen LogP contribution in [0.4, 0.5) is 13.2 Å². The standard InChI is InChI=1S/C24H33F3N6/c1-16-13-19-18-7-4-5-8-20(18)32-23(19)24(33(16)15-21(26)27)17(2)31-14-22(28-3)30-12-11-29-10-6-9-25/h4-5,7-8,14,16,21,24,29,32H,2,6,9-13,15H2,1,3H3,(H,28,30)/t16-,24-/m1/s1. The molecule has 2 atom stereocenters. The minimum Gasteiger partial charge on any atom is -0.368 e. The van der Waals surface area contributed by atoms with Crippen LogP contribution in [0.1, 0.15) is 30.6 Å².